The van der Waals surface area contributed by atoms with E-state index in [1.54, 1.807) is 0 Å². The van der Waals surface area contributed by atoms with Gasteiger partial charge < -0.3 is 4.74 Å². The highest BCUT2D eigenvalue weighted by Crippen LogP contribution is 2.20. The van der Waals surface area contributed by atoms with Crippen LogP contribution in [-0.2, 0) is 11.2 Å². The summed E-state index contributed by atoms with van der Waals surface area (Å²) in [6.45, 7) is 4.49. The molecule has 4 heteroatoms. The zero-order valence-electron chi connectivity index (χ0n) is 21.0. The highest BCUT2D eigenvalue weighted by molar-refractivity contribution is 5.72. The number of rotatable bonds is 18. The Bertz CT molecular complexity index is 756. The van der Waals surface area contributed by atoms with Gasteiger partial charge in [-0.1, -0.05) is 90.9 Å². The minimum absolute atomic E-state index is 0.149. The molecule has 1 aromatic carbocycles. The van der Waals surface area contributed by atoms with Gasteiger partial charge in [-0.25, -0.2) is 9.97 Å². The van der Waals surface area contributed by atoms with E-state index < -0.39 is 0 Å². The first kappa shape index (κ1) is 27.0. The molecule has 0 aliphatic carbocycles. The maximum atomic E-state index is 12.1. The molecule has 0 aliphatic rings. The second-order valence-corrected chi connectivity index (χ2v) is 9.16. The van der Waals surface area contributed by atoms with Gasteiger partial charge in [-0.15, -0.1) is 0 Å². The Labute approximate surface area is 201 Å². The number of aryl methyl sites for hydroxylation is 1. The van der Waals surface area contributed by atoms with Crippen LogP contribution in [0.1, 0.15) is 116 Å². The molecule has 0 saturated carbocycles. The van der Waals surface area contributed by atoms with Crippen LogP contribution in [0.25, 0.3) is 11.4 Å². The third-order valence-corrected chi connectivity index (χ3v) is 6.10. The number of nitrogens with zero attached hydrogens (tertiary/aromatic N) is 2. The van der Waals surface area contributed by atoms with E-state index in [0.29, 0.717) is 18.0 Å². The van der Waals surface area contributed by atoms with Crippen LogP contribution >= 0.6 is 0 Å². The number of carbonyl (C=O) groups excluding carboxylic acids is 1. The Balaban J connectivity index is 1.65. The van der Waals surface area contributed by atoms with Crippen LogP contribution in [0.4, 0.5) is 0 Å². The van der Waals surface area contributed by atoms with Crippen LogP contribution in [0.15, 0.2) is 36.7 Å². The molecule has 0 atom stereocenters. The smallest absolute Gasteiger partial charge is 0.311 e. The summed E-state index contributed by atoms with van der Waals surface area (Å²) in [4.78, 5) is 21.2. The van der Waals surface area contributed by atoms with Gasteiger partial charge in [-0.3, -0.25) is 4.79 Å². The van der Waals surface area contributed by atoms with Crippen LogP contribution in [0.2, 0.25) is 0 Å². The Kier molecular flexibility index (Phi) is 14.1. The molecule has 4 nitrogen and oxygen atoms in total. The van der Waals surface area contributed by atoms with Crippen molar-refractivity contribution in [1.82, 2.24) is 9.97 Å². The number of benzene rings is 1. The summed E-state index contributed by atoms with van der Waals surface area (Å²) in [5.74, 6) is 1.14. The lowest BCUT2D eigenvalue weighted by atomic mass is 10.1. The summed E-state index contributed by atoms with van der Waals surface area (Å²) in [7, 11) is 0. The van der Waals surface area contributed by atoms with Crippen LogP contribution in [0.3, 0.4) is 0 Å². The van der Waals surface area contributed by atoms with Crippen molar-refractivity contribution in [3.63, 3.8) is 0 Å². The molecule has 0 N–H and O–H groups in total. The van der Waals surface area contributed by atoms with Gasteiger partial charge in [0, 0.05) is 24.4 Å². The molecular formula is C29H44N2O2. The summed E-state index contributed by atoms with van der Waals surface area (Å²) in [6.07, 6.45) is 22.9. The van der Waals surface area contributed by atoms with Gasteiger partial charge in [0.25, 0.3) is 0 Å². The predicted octanol–water partition coefficient (Wildman–Crippen LogP) is 8.48. The standard InChI is InChI=1S/C29H44N2O2/c1-3-5-7-9-11-12-14-16-18-28(32)33-27-21-19-26(20-22-27)29-30-23-25(24-31-29)17-15-13-10-8-6-4-2/h19-24H,3-18H2,1-2H3. The molecule has 0 aliphatic heterocycles. The highest BCUT2D eigenvalue weighted by Gasteiger charge is 2.07. The maximum Gasteiger partial charge on any atom is 0.311 e. The minimum atomic E-state index is -0.149. The zero-order chi connectivity index (χ0) is 23.6. The zero-order valence-corrected chi connectivity index (χ0v) is 21.0. The molecule has 2 aromatic rings. The maximum absolute atomic E-state index is 12.1. The number of hydrogen-bond acceptors (Lipinski definition) is 4. The topological polar surface area (TPSA) is 52.1 Å². The van der Waals surface area contributed by atoms with Crippen molar-refractivity contribution in [1.29, 1.82) is 0 Å². The molecule has 0 saturated heterocycles. The summed E-state index contributed by atoms with van der Waals surface area (Å²) in [5.41, 5.74) is 2.13. The Morgan fingerprint density at radius 3 is 1.79 bits per heavy atom. The van der Waals surface area contributed by atoms with E-state index in [2.05, 4.69) is 23.8 Å². The van der Waals surface area contributed by atoms with Crippen LogP contribution in [-0.4, -0.2) is 15.9 Å². The number of aromatic nitrogens is 2. The third kappa shape index (κ3) is 12.0. The van der Waals surface area contributed by atoms with Crippen LogP contribution < -0.4 is 4.74 Å². The summed E-state index contributed by atoms with van der Waals surface area (Å²) >= 11 is 0. The van der Waals surface area contributed by atoms with Gasteiger partial charge in [0.1, 0.15) is 5.75 Å². The number of hydrogen-bond donors (Lipinski definition) is 0. The molecule has 0 unspecified atom stereocenters. The monoisotopic (exact) mass is 452 g/mol. The summed E-state index contributed by atoms with van der Waals surface area (Å²) in [5, 5.41) is 0. The van der Waals surface area contributed by atoms with E-state index in [1.807, 2.05) is 36.7 Å². The molecular weight excluding hydrogens is 408 g/mol. The minimum Gasteiger partial charge on any atom is -0.427 e. The second kappa shape index (κ2) is 17.3. The fraction of sp³-hybridized carbons (Fsp3) is 0.621. The van der Waals surface area contributed by atoms with Gasteiger partial charge in [0.2, 0.25) is 0 Å². The first-order chi connectivity index (χ1) is 16.2. The van der Waals surface area contributed by atoms with Crippen molar-refractivity contribution >= 4 is 5.97 Å². The largest absolute Gasteiger partial charge is 0.427 e. The predicted molar refractivity (Wildman–Crippen MR) is 137 cm³/mol. The van der Waals surface area contributed by atoms with Crippen molar-refractivity contribution in [2.75, 3.05) is 0 Å². The first-order valence-electron chi connectivity index (χ1n) is 13.3. The molecule has 2 rings (SSSR count). The molecule has 0 fully saturated rings. The molecule has 1 heterocycles. The highest BCUT2D eigenvalue weighted by atomic mass is 16.5. The molecule has 0 spiro atoms. The number of unbranched alkanes of at least 4 members (excludes halogenated alkanes) is 12. The van der Waals surface area contributed by atoms with Crippen LogP contribution in [0.5, 0.6) is 5.75 Å². The van der Waals surface area contributed by atoms with Gasteiger partial charge in [-0.2, -0.15) is 0 Å². The third-order valence-electron chi connectivity index (χ3n) is 6.10. The number of esters is 1. The quantitative estimate of drug-likeness (QED) is 0.129. The lowest BCUT2D eigenvalue weighted by Gasteiger charge is -2.06. The van der Waals surface area contributed by atoms with E-state index in [9.17, 15) is 4.79 Å². The van der Waals surface area contributed by atoms with E-state index in [-0.39, 0.29) is 5.97 Å². The van der Waals surface area contributed by atoms with Gasteiger partial charge in [0.05, 0.1) is 0 Å². The molecule has 0 bridgehead atoms. The molecule has 33 heavy (non-hydrogen) atoms. The summed E-state index contributed by atoms with van der Waals surface area (Å²) in [6, 6.07) is 7.49. The molecule has 0 amide bonds. The first-order valence-corrected chi connectivity index (χ1v) is 13.3. The SMILES string of the molecule is CCCCCCCCCCC(=O)Oc1ccc(-c2ncc(CCCCCCCC)cn2)cc1. The van der Waals surface area contributed by atoms with Crippen LogP contribution in [0, 0.1) is 0 Å². The summed E-state index contributed by atoms with van der Waals surface area (Å²) < 4.78 is 5.48. The van der Waals surface area contributed by atoms with E-state index in [4.69, 9.17) is 4.74 Å². The second-order valence-electron chi connectivity index (χ2n) is 9.16. The molecule has 1 aromatic heterocycles. The van der Waals surface area contributed by atoms with Crippen molar-refractivity contribution in [3.8, 4) is 17.1 Å². The van der Waals surface area contributed by atoms with Crippen molar-refractivity contribution < 1.29 is 9.53 Å². The number of carbonyl (C=O) groups is 1. The van der Waals surface area contributed by atoms with Gasteiger partial charge in [-0.05, 0) is 49.1 Å². The van der Waals surface area contributed by atoms with Gasteiger partial charge >= 0.3 is 5.97 Å². The Morgan fingerprint density at radius 1 is 0.697 bits per heavy atom. The fourth-order valence-electron chi connectivity index (χ4n) is 4.00. The number of ether oxygens (including phenoxy) is 1. The van der Waals surface area contributed by atoms with Crippen molar-refractivity contribution in [2.24, 2.45) is 0 Å². The average molecular weight is 453 g/mol. The van der Waals surface area contributed by atoms with E-state index in [0.717, 1.165) is 24.8 Å². The molecule has 182 valence electrons. The van der Waals surface area contributed by atoms with E-state index in [1.165, 1.54) is 82.6 Å². The normalized spacial score (nSPS) is 11.0. The Hall–Kier alpha value is -2.23. The average Bonchev–Trinajstić information content (AvgIpc) is 2.84. The molecule has 0 radical (unpaired) electrons. The lowest BCUT2D eigenvalue weighted by Crippen LogP contribution is -2.07. The van der Waals surface area contributed by atoms with Gasteiger partial charge in [0.15, 0.2) is 5.82 Å². The van der Waals surface area contributed by atoms with Crippen molar-refractivity contribution in [3.05, 3.63) is 42.2 Å². The Morgan fingerprint density at radius 2 is 1.21 bits per heavy atom. The fourth-order valence-corrected chi connectivity index (χ4v) is 4.00. The lowest BCUT2D eigenvalue weighted by molar-refractivity contribution is -0.134. The van der Waals surface area contributed by atoms with Crippen molar-refractivity contribution in [2.45, 2.75) is 117 Å². The van der Waals surface area contributed by atoms with E-state index >= 15 is 0 Å².